The first-order valence-electron chi connectivity index (χ1n) is 7.03. The van der Waals surface area contributed by atoms with Crippen molar-refractivity contribution in [2.75, 3.05) is 7.11 Å². The minimum Gasteiger partial charge on any atom is -0.418 e. The largest absolute Gasteiger partial charge is 0.418 e. The van der Waals surface area contributed by atoms with E-state index < -0.39 is 24.0 Å². The molecule has 1 aliphatic rings. The molecule has 9 heteroatoms. The normalized spacial score (nSPS) is 19.8. The standard InChI is InChI=1S/C9H17NO5.C5H7NO2/c1-6(14-4)7(5-11)10-8(12)15-9(2,3)13;1-3-2-4(7)6-5(3)8/h5-7,13H,1-4H3,(H,10,12);3H,2H2,1H3,(H,6,7,8). The number of carbonyl (C=O) groups excluding carboxylic acids is 4. The average molecular weight is 332 g/mol. The molecule has 9 nitrogen and oxygen atoms in total. The van der Waals surface area contributed by atoms with Gasteiger partial charge in [-0.3, -0.25) is 14.9 Å². The van der Waals surface area contributed by atoms with Crippen LogP contribution in [-0.2, 0) is 23.9 Å². The van der Waals surface area contributed by atoms with Gasteiger partial charge in [0.25, 0.3) is 0 Å². The Morgan fingerprint density at radius 2 is 2.04 bits per heavy atom. The number of aldehydes is 1. The van der Waals surface area contributed by atoms with E-state index in [0.29, 0.717) is 12.7 Å². The summed E-state index contributed by atoms with van der Waals surface area (Å²) in [6.07, 6.45) is -0.432. The zero-order valence-corrected chi connectivity index (χ0v) is 13.9. The van der Waals surface area contributed by atoms with Gasteiger partial charge >= 0.3 is 6.09 Å². The number of rotatable bonds is 5. The van der Waals surface area contributed by atoms with Crippen molar-refractivity contribution >= 4 is 24.2 Å². The van der Waals surface area contributed by atoms with Crippen molar-refractivity contribution in [3.05, 3.63) is 0 Å². The molecule has 1 saturated heterocycles. The molecule has 0 bridgehead atoms. The third-order valence-electron chi connectivity index (χ3n) is 2.85. The lowest BCUT2D eigenvalue weighted by atomic mass is 10.1. The lowest BCUT2D eigenvalue weighted by Gasteiger charge is -2.22. The lowest BCUT2D eigenvalue weighted by molar-refractivity contribution is -0.134. The van der Waals surface area contributed by atoms with E-state index in [1.54, 1.807) is 13.8 Å². The van der Waals surface area contributed by atoms with Crippen molar-refractivity contribution in [3.8, 4) is 0 Å². The summed E-state index contributed by atoms with van der Waals surface area (Å²) in [5.74, 6) is -1.98. The fraction of sp³-hybridized carbons (Fsp3) is 0.714. The van der Waals surface area contributed by atoms with Crippen LogP contribution in [0.25, 0.3) is 0 Å². The Balaban J connectivity index is 0.000000502. The first-order valence-corrected chi connectivity index (χ1v) is 7.03. The Morgan fingerprint density at radius 1 is 1.48 bits per heavy atom. The van der Waals surface area contributed by atoms with E-state index in [4.69, 9.17) is 9.84 Å². The van der Waals surface area contributed by atoms with Crippen LogP contribution >= 0.6 is 0 Å². The Hall–Kier alpha value is -2.00. The number of hydrogen-bond donors (Lipinski definition) is 3. The van der Waals surface area contributed by atoms with Crippen LogP contribution in [0.1, 0.15) is 34.1 Å². The number of carbonyl (C=O) groups is 4. The molecule has 1 rings (SSSR count). The molecular formula is C14H24N2O7. The van der Waals surface area contributed by atoms with E-state index in [9.17, 15) is 19.2 Å². The highest BCUT2D eigenvalue weighted by atomic mass is 16.7. The molecule has 132 valence electrons. The molecule has 1 aliphatic heterocycles. The molecule has 0 aromatic heterocycles. The second kappa shape index (κ2) is 9.21. The number of amides is 3. The minimum absolute atomic E-state index is 0.109. The van der Waals surface area contributed by atoms with Crippen molar-refractivity contribution in [1.29, 1.82) is 0 Å². The van der Waals surface area contributed by atoms with Gasteiger partial charge in [-0.1, -0.05) is 6.92 Å². The molecule has 23 heavy (non-hydrogen) atoms. The molecule has 3 N–H and O–H groups in total. The summed E-state index contributed by atoms with van der Waals surface area (Å²) < 4.78 is 9.43. The summed E-state index contributed by atoms with van der Waals surface area (Å²) in [4.78, 5) is 42.5. The van der Waals surface area contributed by atoms with Crippen LogP contribution in [0.2, 0.25) is 0 Å². The number of hydrogen-bond acceptors (Lipinski definition) is 7. The minimum atomic E-state index is -1.58. The average Bonchev–Trinajstić information content (AvgIpc) is 2.70. The maximum Gasteiger partial charge on any atom is 0.410 e. The number of imide groups is 1. The van der Waals surface area contributed by atoms with E-state index in [1.165, 1.54) is 21.0 Å². The summed E-state index contributed by atoms with van der Waals surface area (Å²) in [5, 5.41) is 13.6. The second-order valence-corrected chi connectivity index (χ2v) is 5.60. The van der Waals surface area contributed by atoms with Gasteiger partial charge in [0.2, 0.25) is 17.6 Å². The molecule has 3 atom stereocenters. The Kier molecular flexibility index (Phi) is 8.41. The summed E-state index contributed by atoms with van der Waals surface area (Å²) in [7, 11) is 1.42. The molecule has 0 aliphatic carbocycles. The number of aliphatic hydroxyl groups is 1. The van der Waals surface area contributed by atoms with E-state index >= 15 is 0 Å². The Bertz CT molecular complexity index is 445. The van der Waals surface area contributed by atoms with Gasteiger partial charge < -0.3 is 24.7 Å². The fourth-order valence-corrected chi connectivity index (χ4v) is 1.48. The summed E-state index contributed by atoms with van der Waals surface area (Å²) in [5.41, 5.74) is 0. The highest BCUT2D eigenvalue weighted by Crippen LogP contribution is 2.07. The first-order chi connectivity index (χ1) is 10.5. The third kappa shape index (κ3) is 8.89. The van der Waals surface area contributed by atoms with Gasteiger partial charge in [0.1, 0.15) is 12.3 Å². The van der Waals surface area contributed by atoms with E-state index in [2.05, 4.69) is 15.4 Å². The van der Waals surface area contributed by atoms with Crippen molar-refractivity contribution in [2.24, 2.45) is 5.92 Å². The predicted molar refractivity (Wildman–Crippen MR) is 79.2 cm³/mol. The van der Waals surface area contributed by atoms with Gasteiger partial charge in [0.15, 0.2) is 0 Å². The number of ether oxygens (including phenoxy) is 2. The van der Waals surface area contributed by atoms with Crippen LogP contribution < -0.4 is 10.6 Å². The van der Waals surface area contributed by atoms with Crippen LogP contribution in [-0.4, -0.2) is 54.3 Å². The van der Waals surface area contributed by atoms with Gasteiger partial charge in [0.05, 0.1) is 6.10 Å². The topological polar surface area (TPSA) is 131 Å². The summed E-state index contributed by atoms with van der Waals surface area (Å²) in [6.45, 7) is 5.98. The van der Waals surface area contributed by atoms with Gasteiger partial charge in [-0.25, -0.2) is 4.79 Å². The second-order valence-electron chi connectivity index (χ2n) is 5.60. The molecule has 0 saturated carbocycles. The van der Waals surface area contributed by atoms with Crippen LogP contribution in [0.4, 0.5) is 4.79 Å². The Labute approximate surface area is 134 Å². The zero-order valence-electron chi connectivity index (χ0n) is 13.9. The highest BCUT2D eigenvalue weighted by molar-refractivity contribution is 6.03. The van der Waals surface area contributed by atoms with Crippen molar-refractivity contribution in [1.82, 2.24) is 10.6 Å². The molecule has 3 amide bonds. The van der Waals surface area contributed by atoms with E-state index in [1.807, 2.05) is 0 Å². The van der Waals surface area contributed by atoms with Gasteiger partial charge in [0, 0.05) is 33.3 Å². The maximum absolute atomic E-state index is 11.1. The van der Waals surface area contributed by atoms with Gasteiger partial charge in [-0.15, -0.1) is 0 Å². The monoisotopic (exact) mass is 332 g/mol. The molecule has 0 aromatic carbocycles. The highest BCUT2D eigenvalue weighted by Gasteiger charge is 2.25. The lowest BCUT2D eigenvalue weighted by Crippen LogP contribution is -2.46. The predicted octanol–water partition coefficient (Wildman–Crippen LogP) is -0.288. The molecule has 0 spiro atoms. The Morgan fingerprint density at radius 3 is 2.30 bits per heavy atom. The van der Waals surface area contributed by atoms with Crippen molar-refractivity contribution in [2.45, 2.75) is 52.0 Å². The van der Waals surface area contributed by atoms with Crippen LogP contribution in [0.5, 0.6) is 0 Å². The third-order valence-corrected chi connectivity index (χ3v) is 2.85. The SMILES string of the molecule is CC1CC(=O)NC1=O.COC(C)C(C=O)NC(=O)OC(C)(C)O. The van der Waals surface area contributed by atoms with Crippen molar-refractivity contribution in [3.63, 3.8) is 0 Å². The quantitative estimate of drug-likeness (QED) is 0.358. The van der Waals surface area contributed by atoms with E-state index in [-0.39, 0.29) is 17.7 Å². The van der Waals surface area contributed by atoms with Crippen LogP contribution in [0.3, 0.4) is 0 Å². The zero-order chi connectivity index (χ0) is 18.2. The fourth-order valence-electron chi connectivity index (χ4n) is 1.48. The molecule has 0 aromatic rings. The number of alkyl carbamates (subject to hydrolysis) is 1. The van der Waals surface area contributed by atoms with Crippen molar-refractivity contribution < 1.29 is 33.8 Å². The maximum atomic E-state index is 11.1. The molecule has 1 fully saturated rings. The smallest absolute Gasteiger partial charge is 0.410 e. The van der Waals surface area contributed by atoms with Gasteiger partial charge in [-0.2, -0.15) is 0 Å². The number of methoxy groups -OCH3 is 1. The molecular weight excluding hydrogens is 308 g/mol. The summed E-state index contributed by atoms with van der Waals surface area (Å²) >= 11 is 0. The van der Waals surface area contributed by atoms with Gasteiger partial charge in [-0.05, 0) is 6.92 Å². The molecule has 3 unspecified atom stereocenters. The first kappa shape index (κ1) is 21.0. The molecule has 1 heterocycles. The summed E-state index contributed by atoms with van der Waals surface area (Å²) in [6, 6.07) is -0.801. The van der Waals surface area contributed by atoms with Crippen LogP contribution in [0, 0.1) is 5.92 Å². The number of nitrogens with one attached hydrogen (secondary N) is 2. The molecule has 0 radical (unpaired) electrons. The van der Waals surface area contributed by atoms with Crippen LogP contribution in [0.15, 0.2) is 0 Å². The van der Waals surface area contributed by atoms with E-state index in [0.717, 1.165) is 0 Å².